The van der Waals surface area contributed by atoms with E-state index in [1.807, 2.05) is 0 Å². The van der Waals surface area contributed by atoms with Gasteiger partial charge in [0.2, 0.25) is 0 Å². The molecule has 0 saturated carbocycles. The van der Waals surface area contributed by atoms with Gasteiger partial charge in [-0.25, -0.2) is 0 Å². The van der Waals surface area contributed by atoms with E-state index in [1.54, 1.807) is 0 Å². The van der Waals surface area contributed by atoms with Gasteiger partial charge in [-0.2, -0.15) is 0 Å². The average Bonchev–Trinajstić information content (AvgIpc) is 1.86. The Hall–Kier alpha value is -0.410. The summed E-state index contributed by atoms with van der Waals surface area (Å²) in [4.78, 5) is 3.70. The van der Waals surface area contributed by atoms with Gasteiger partial charge in [-0.05, 0) is 27.6 Å². The summed E-state index contributed by atoms with van der Waals surface area (Å²) in [5.41, 5.74) is 0.145. The van der Waals surface area contributed by atoms with Crippen LogP contribution in [0, 0.1) is 0 Å². The van der Waals surface area contributed by atoms with Crippen molar-refractivity contribution in [2.45, 2.75) is 6.56 Å². The van der Waals surface area contributed by atoms with Crippen molar-refractivity contribution in [1.82, 2.24) is 4.98 Å². The molecular weight excluding hydrogens is 182 g/mol. The predicted molar refractivity (Wildman–Crippen MR) is 37.9 cm³/mol. The van der Waals surface area contributed by atoms with Crippen molar-refractivity contribution in [2.24, 2.45) is 0 Å². The van der Waals surface area contributed by atoms with Crippen molar-refractivity contribution in [3.05, 3.63) is 28.5 Å². The molecule has 48 valence electrons. The van der Waals surface area contributed by atoms with Crippen LogP contribution in [0.25, 0.3) is 0 Å². The highest BCUT2D eigenvalue weighted by Gasteiger charge is 1.89. The summed E-state index contributed by atoms with van der Waals surface area (Å²) in [6.07, 6.45) is 2.81. The molecule has 1 heterocycles. The van der Waals surface area contributed by atoms with Crippen LogP contribution in [0.1, 0.15) is 8.30 Å². The van der Waals surface area contributed by atoms with Crippen LogP contribution in [0.2, 0.25) is 0 Å². The van der Waals surface area contributed by atoms with Crippen molar-refractivity contribution in [3.63, 3.8) is 0 Å². The molecule has 0 atom stereocenters. The number of halogens is 1. The molecule has 0 aliphatic rings. The Labute approximate surface area is 64.5 Å². The fourth-order valence-electron chi connectivity index (χ4n) is 0.473. The number of rotatable bonds is 1. The Bertz CT molecular complexity index is 261. The highest BCUT2D eigenvalue weighted by molar-refractivity contribution is 9.10. The summed E-state index contributed by atoms with van der Waals surface area (Å²) in [5.74, 6) is 0. The predicted octanol–water partition coefficient (Wildman–Crippen LogP) is 1.34. The maximum atomic E-state index is 8.89. The third kappa shape index (κ3) is 1.77. The minimum atomic E-state index is -2.31. The maximum Gasteiger partial charge on any atom is 0.0697 e. The summed E-state index contributed by atoms with van der Waals surface area (Å²) in [6, 6.07) is 1.48. The third-order valence-electron chi connectivity index (χ3n) is 0.834. The van der Waals surface area contributed by atoms with Gasteiger partial charge in [0, 0.05) is 16.9 Å². The highest BCUT2D eigenvalue weighted by Crippen LogP contribution is 2.08. The molecule has 0 aliphatic carbocycles. The zero-order valence-corrected chi connectivity index (χ0v) is 6.09. The molecule has 0 aromatic carbocycles. The van der Waals surface area contributed by atoms with Gasteiger partial charge in [-0.3, -0.25) is 4.98 Å². The highest BCUT2D eigenvalue weighted by atomic mass is 79.9. The summed E-state index contributed by atoms with van der Waals surface area (Å²) in [6.45, 7) is -2.31. The smallest absolute Gasteiger partial charge is 0.0697 e. The molecule has 1 aromatic heterocycles. The van der Waals surface area contributed by atoms with Crippen LogP contribution in [0.4, 0.5) is 0 Å². The second-order valence-corrected chi connectivity index (χ2v) is 2.42. The topological polar surface area (TPSA) is 33.1 Å². The van der Waals surface area contributed by atoms with Crippen molar-refractivity contribution in [1.29, 1.82) is 0 Å². The number of pyridine rings is 1. The molecule has 0 saturated heterocycles. The summed E-state index contributed by atoms with van der Waals surface area (Å²) in [5, 5.41) is 8.89. The van der Waals surface area contributed by atoms with E-state index in [9.17, 15) is 0 Å². The normalized spacial score (nSPS) is 14.4. The molecule has 0 aliphatic heterocycles. The van der Waals surface area contributed by atoms with Gasteiger partial charge in [0.25, 0.3) is 0 Å². The maximum absolute atomic E-state index is 8.89. The molecule has 0 bridgehead atoms. The molecule has 2 nitrogen and oxygen atoms in total. The van der Waals surface area contributed by atoms with Crippen LogP contribution in [0.5, 0.6) is 0 Å². The van der Waals surface area contributed by atoms with Crippen LogP contribution < -0.4 is 0 Å². The van der Waals surface area contributed by atoms with Crippen molar-refractivity contribution in [3.8, 4) is 0 Å². The minimum Gasteiger partial charge on any atom is -0.392 e. The quantitative estimate of drug-likeness (QED) is 0.724. The lowest BCUT2D eigenvalue weighted by molar-refractivity contribution is 0.281. The van der Waals surface area contributed by atoms with Crippen molar-refractivity contribution < 1.29 is 7.85 Å². The Balaban J connectivity index is 3.06. The van der Waals surface area contributed by atoms with Crippen LogP contribution in [0.3, 0.4) is 0 Å². The summed E-state index contributed by atoms with van der Waals surface area (Å²) < 4.78 is 14.5. The van der Waals surface area contributed by atoms with Gasteiger partial charge < -0.3 is 5.11 Å². The first kappa shape index (κ1) is 4.41. The van der Waals surface area contributed by atoms with Crippen LogP contribution in [-0.2, 0) is 6.56 Å². The van der Waals surface area contributed by atoms with Gasteiger partial charge >= 0.3 is 0 Å². The molecule has 3 heteroatoms. The zero-order valence-electron chi connectivity index (χ0n) is 6.50. The first-order valence-corrected chi connectivity index (χ1v) is 3.13. The molecule has 9 heavy (non-hydrogen) atoms. The van der Waals surface area contributed by atoms with E-state index < -0.39 is 6.56 Å². The minimum absolute atomic E-state index is 0.145. The van der Waals surface area contributed by atoms with Crippen molar-refractivity contribution >= 4 is 15.9 Å². The second kappa shape index (κ2) is 2.94. The lowest BCUT2D eigenvalue weighted by atomic mass is 10.3. The number of hydrogen-bond acceptors (Lipinski definition) is 2. The zero-order chi connectivity index (χ0) is 8.48. The monoisotopic (exact) mass is 189 g/mol. The number of hydrogen-bond donors (Lipinski definition) is 1. The number of aliphatic hydroxyl groups is 1. The van der Waals surface area contributed by atoms with E-state index in [-0.39, 0.29) is 5.56 Å². The molecule has 0 spiro atoms. The van der Waals surface area contributed by atoms with E-state index in [0.717, 1.165) is 0 Å². The average molecular weight is 190 g/mol. The standard InChI is InChI=1S/C6H6BrNO/c7-6-1-5(4-9)2-8-3-6/h1-3,9H,4H2/i4D2. The lowest BCUT2D eigenvalue weighted by Crippen LogP contribution is -1.83. The summed E-state index contributed by atoms with van der Waals surface area (Å²) in [7, 11) is 0. The van der Waals surface area contributed by atoms with Gasteiger partial charge in [0.15, 0.2) is 0 Å². The van der Waals surface area contributed by atoms with E-state index >= 15 is 0 Å². The molecule has 0 amide bonds. The Kier molecular flexibility index (Phi) is 1.44. The largest absolute Gasteiger partial charge is 0.392 e. The van der Waals surface area contributed by atoms with Crippen LogP contribution in [0.15, 0.2) is 22.9 Å². The molecule has 0 radical (unpaired) electrons. The van der Waals surface area contributed by atoms with Crippen LogP contribution in [-0.4, -0.2) is 10.1 Å². The number of nitrogens with zero attached hydrogens (tertiary/aromatic N) is 1. The van der Waals surface area contributed by atoms with E-state index in [0.29, 0.717) is 4.47 Å². The Morgan fingerprint density at radius 1 is 1.78 bits per heavy atom. The van der Waals surface area contributed by atoms with Crippen molar-refractivity contribution in [2.75, 3.05) is 0 Å². The third-order valence-corrected chi connectivity index (χ3v) is 1.27. The Morgan fingerprint density at radius 3 is 3.00 bits per heavy atom. The number of aromatic nitrogens is 1. The SMILES string of the molecule is [2H]C([2H])(O)c1cncc(Br)c1. The molecule has 1 rings (SSSR count). The molecule has 0 unspecified atom stereocenters. The molecule has 0 fully saturated rings. The van der Waals surface area contributed by atoms with Gasteiger partial charge in [0.05, 0.1) is 9.30 Å². The fraction of sp³-hybridized carbons (Fsp3) is 0.167. The van der Waals surface area contributed by atoms with Gasteiger partial charge in [-0.15, -0.1) is 0 Å². The first-order chi connectivity index (χ1) is 5.00. The van der Waals surface area contributed by atoms with E-state index in [1.165, 1.54) is 18.5 Å². The summed E-state index contributed by atoms with van der Waals surface area (Å²) >= 11 is 3.11. The Morgan fingerprint density at radius 2 is 2.56 bits per heavy atom. The molecule has 1 N–H and O–H groups in total. The fourth-order valence-corrected chi connectivity index (χ4v) is 0.838. The first-order valence-electron chi connectivity index (χ1n) is 3.33. The lowest BCUT2D eigenvalue weighted by Gasteiger charge is -1.92. The van der Waals surface area contributed by atoms with E-state index in [4.69, 9.17) is 7.85 Å². The van der Waals surface area contributed by atoms with Gasteiger partial charge in [-0.1, -0.05) is 0 Å². The van der Waals surface area contributed by atoms with Gasteiger partial charge in [0.1, 0.15) is 0 Å². The van der Waals surface area contributed by atoms with Crippen LogP contribution >= 0.6 is 15.9 Å². The second-order valence-electron chi connectivity index (χ2n) is 1.50. The van der Waals surface area contributed by atoms with E-state index in [2.05, 4.69) is 20.9 Å². The molecule has 1 aromatic rings. The molecular formula is C6H6BrNO.